The van der Waals surface area contributed by atoms with Crippen molar-refractivity contribution in [1.82, 2.24) is 0 Å². The number of hydrogen-bond donors (Lipinski definition) is 1. The van der Waals surface area contributed by atoms with Crippen LogP contribution >= 0.6 is 0 Å². The molecule has 1 rings (SSSR count). The maximum absolute atomic E-state index is 13.9. The van der Waals surface area contributed by atoms with Gasteiger partial charge < -0.3 is 9.84 Å². The Kier molecular flexibility index (Phi) is 4.63. The monoisotopic (exact) mass is 272 g/mol. The fourth-order valence-corrected chi connectivity index (χ4v) is 2.16. The van der Waals surface area contributed by atoms with Crippen LogP contribution < -0.4 is 0 Å². The molecule has 0 spiro atoms. The first-order valence-electron chi connectivity index (χ1n) is 6.02. The van der Waals surface area contributed by atoms with E-state index in [1.165, 1.54) is 21.0 Å². The van der Waals surface area contributed by atoms with Crippen LogP contribution in [0.2, 0.25) is 0 Å². The molecule has 1 aromatic carbocycles. The Hall–Kier alpha value is -1.49. The number of carbonyl (C=O) groups is 1. The van der Waals surface area contributed by atoms with Gasteiger partial charge >= 0.3 is 5.97 Å². The molecule has 0 amide bonds. The fraction of sp³-hybridized carbons (Fsp3) is 0.500. The summed E-state index contributed by atoms with van der Waals surface area (Å²) in [6.45, 7) is 4.37. The molecule has 2 unspecified atom stereocenters. The summed E-state index contributed by atoms with van der Waals surface area (Å²) in [7, 11) is 1.19. The molecule has 0 aliphatic carbocycles. The third-order valence-corrected chi connectivity index (χ3v) is 3.37. The zero-order chi connectivity index (χ0) is 14.8. The zero-order valence-corrected chi connectivity index (χ0v) is 11.5. The van der Waals surface area contributed by atoms with Crippen molar-refractivity contribution in [2.45, 2.75) is 32.8 Å². The van der Waals surface area contributed by atoms with Gasteiger partial charge in [-0.25, -0.2) is 8.78 Å². The molecule has 0 saturated heterocycles. The number of benzene rings is 1. The summed E-state index contributed by atoms with van der Waals surface area (Å²) in [5, 5.41) is 10.4. The summed E-state index contributed by atoms with van der Waals surface area (Å²) in [6.07, 6.45) is 0.245. The zero-order valence-electron chi connectivity index (χ0n) is 11.5. The highest BCUT2D eigenvalue weighted by atomic mass is 19.1. The molecule has 3 nitrogen and oxygen atoms in total. The van der Waals surface area contributed by atoms with E-state index in [1.807, 2.05) is 0 Å². The molecule has 5 heteroatoms. The van der Waals surface area contributed by atoms with Crippen LogP contribution in [-0.2, 0) is 15.1 Å². The molecule has 0 aliphatic heterocycles. The first-order valence-corrected chi connectivity index (χ1v) is 6.02. The minimum atomic E-state index is -1.83. The summed E-state index contributed by atoms with van der Waals surface area (Å²) in [5.41, 5.74) is -1.93. The second-order valence-corrected chi connectivity index (χ2v) is 4.71. The van der Waals surface area contributed by atoms with Gasteiger partial charge in [-0.3, -0.25) is 4.79 Å². The average Bonchev–Trinajstić information content (AvgIpc) is 2.33. The van der Waals surface area contributed by atoms with Crippen molar-refractivity contribution in [2.24, 2.45) is 5.92 Å². The fourth-order valence-electron chi connectivity index (χ4n) is 2.16. The highest BCUT2D eigenvalue weighted by Crippen LogP contribution is 2.35. The predicted molar refractivity (Wildman–Crippen MR) is 66.5 cm³/mol. The molecule has 0 saturated carbocycles. The average molecular weight is 272 g/mol. The number of halogens is 2. The summed E-state index contributed by atoms with van der Waals surface area (Å²) in [6, 6.07) is 1.93. The lowest BCUT2D eigenvalue weighted by Gasteiger charge is -2.31. The topological polar surface area (TPSA) is 46.5 Å². The van der Waals surface area contributed by atoms with E-state index in [-0.39, 0.29) is 17.5 Å². The van der Waals surface area contributed by atoms with Crippen LogP contribution in [0.4, 0.5) is 8.78 Å². The third kappa shape index (κ3) is 2.92. The minimum Gasteiger partial charge on any atom is -0.469 e. The van der Waals surface area contributed by atoms with Crippen molar-refractivity contribution in [3.63, 3.8) is 0 Å². The van der Waals surface area contributed by atoms with Crippen molar-refractivity contribution in [3.8, 4) is 0 Å². The Bertz CT molecular complexity index is 484. The predicted octanol–water partition coefficient (Wildman–Crippen LogP) is 2.68. The smallest absolute Gasteiger partial charge is 0.311 e. The highest BCUT2D eigenvalue weighted by molar-refractivity contribution is 5.74. The van der Waals surface area contributed by atoms with Crippen molar-refractivity contribution in [1.29, 1.82) is 0 Å². The van der Waals surface area contributed by atoms with Gasteiger partial charge in [0.05, 0.1) is 13.0 Å². The van der Waals surface area contributed by atoms with E-state index in [9.17, 15) is 18.7 Å². The molecule has 1 N–H and O–H groups in total. The van der Waals surface area contributed by atoms with Gasteiger partial charge in [0.15, 0.2) is 0 Å². The van der Waals surface area contributed by atoms with E-state index in [2.05, 4.69) is 4.74 Å². The molecule has 0 fully saturated rings. The Labute approximate surface area is 111 Å². The number of aryl methyl sites for hydroxylation is 1. The maximum atomic E-state index is 13.9. The van der Waals surface area contributed by atoms with E-state index >= 15 is 0 Å². The van der Waals surface area contributed by atoms with Crippen LogP contribution in [0.5, 0.6) is 0 Å². The van der Waals surface area contributed by atoms with E-state index in [0.717, 1.165) is 12.1 Å². The molecule has 106 valence electrons. The number of ether oxygens (including phenoxy) is 1. The second-order valence-electron chi connectivity index (χ2n) is 4.71. The summed E-state index contributed by atoms with van der Waals surface area (Å²) in [4.78, 5) is 11.6. The van der Waals surface area contributed by atoms with Crippen LogP contribution in [0.25, 0.3) is 0 Å². The van der Waals surface area contributed by atoms with E-state index in [1.54, 1.807) is 6.92 Å². The highest BCUT2D eigenvalue weighted by Gasteiger charge is 2.40. The van der Waals surface area contributed by atoms with E-state index in [0.29, 0.717) is 0 Å². The number of aliphatic hydroxyl groups is 1. The van der Waals surface area contributed by atoms with Crippen molar-refractivity contribution < 1.29 is 23.4 Å². The molecule has 19 heavy (non-hydrogen) atoms. The molecular weight excluding hydrogens is 254 g/mol. The van der Waals surface area contributed by atoms with Crippen LogP contribution in [0, 0.1) is 24.5 Å². The number of esters is 1. The van der Waals surface area contributed by atoms with Crippen molar-refractivity contribution in [2.75, 3.05) is 7.11 Å². The van der Waals surface area contributed by atoms with Gasteiger partial charge in [-0.1, -0.05) is 6.92 Å². The Morgan fingerprint density at radius 1 is 1.42 bits per heavy atom. The Morgan fingerprint density at radius 3 is 2.47 bits per heavy atom. The van der Waals surface area contributed by atoms with E-state index < -0.39 is 29.1 Å². The van der Waals surface area contributed by atoms with Gasteiger partial charge in [0.25, 0.3) is 0 Å². The van der Waals surface area contributed by atoms with Crippen LogP contribution in [0.3, 0.4) is 0 Å². The van der Waals surface area contributed by atoms with Crippen molar-refractivity contribution >= 4 is 5.97 Å². The van der Waals surface area contributed by atoms with Gasteiger partial charge in [0.1, 0.15) is 17.2 Å². The van der Waals surface area contributed by atoms with Crippen LogP contribution in [-0.4, -0.2) is 18.2 Å². The summed E-state index contributed by atoms with van der Waals surface area (Å²) in [5.74, 6) is -3.00. The number of methoxy groups -OCH3 is 1. The number of carbonyl (C=O) groups excluding carboxylic acids is 1. The quantitative estimate of drug-likeness (QED) is 0.857. The largest absolute Gasteiger partial charge is 0.469 e. The normalized spacial score (nSPS) is 15.7. The molecule has 2 atom stereocenters. The van der Waals surface area contributed by atoms with Gasteiger partial charge in [-0.2, -0.15) is 0 Å². The lowest BCUT2D eigenvalue weighted by Crippen LogP contribution is -2.38. The molecule has 1 aromatic rings. The second kappa shape index (κ2) is 5.65. The molecular formula is C14H18F2O3. The summed E-state index contributed by atoms with van der Waals surface area (Å²) < 4.78 is 32.0. The van der Waals surface area contributed by atoms with Gasteiger partial charge in [0.2, 0.25) is 0 Å². The van der Waals surface area contributed by atoms with Crippen LogP contribution in [0.15, 0.2) is 12.1 Å². The number of hydrogen-bond acceptors (Lipinski definition) is 3. The third-order valence-electron chi connectivity index (χ3n) is 3.37. The molecule has 0 radical (unpaired) electrons. The molecule has 0 aliphatic rings. The molecule has 0 heterocycles. The lowest BCUT2D eigenvalue weighted by atomic mass is 9.80. The molecule has 0 bridgehead atoms. The van der Waals surface area contributed by atoms with Gasteiger partial charge in [-0.15, -0.1) is 0 Å². The summed E-state index contributed by atoms with van der Waals surface area (Å²) >= 11 is 0. The molecule has 0 aromatic heterocycles. The maximum Gasteiger partial charge on any atom is 0.311 e. The van der Waals surface area contributed by atoms with Gasteiger partial charge in [0, 0.05) is 5.56 Å². The Morgan fingerprint density at radius 2 is 2.00 bits per heavy atom. The van der Waals surface area contributed by atoms with Gasteiger partial charge in [-0.05, 0) is 38.0 Å². The van der Waals surface area contributed by atoms with E-state index in [4.69, 9.17) is 0 Å². The van der Waals surface area contributed by atoms with Crippen molar-refractivity contribution in [3.05, 3.63) is 34.9 Å². The minimum absolute atomic E-state index is 0.142. The van der Waals surface area contributed by atoms with Crippen LogP contribution in [0.1, 0.15) is 31.4 Å². The first-order chi connectivity index (χ1) is 8.75. The number of rotatable bonds is 4. The lowest BCUT2D eigenvalue weighted by molar-refractivity contribution is -0.156. The SMILES string of the molecule is CCC(C(=O)OC)C(C)(O)c1cc(F)c(C)cc1F. The standard InChI is InChI=1S/C14H18F2O3/c1-5-9(13(17)19-4)14(3,18)10-7-11(15)8(2)6-12(10)16/h6-7,9,18H,5H2,1-4H3. The Balaban J connectivity index is 3.32. The first kappa shape index (κ1) is 15.6.